The lowest BCUT2D eigenvalue weighted by Gasteiger charge is -2.24. The van der Waals surface area contributed by atoms with Gasteiger partial charge in [0.05, 0.1) is 0 Å². The van der Waals surface area contributed by atoms with Gasteiger partial charge in [-0.2, -0.15) is 0 Å². The molecule has 1 nitrogen and oxygen atoms in total. The number of hydrogen-bond donors (Lipinski definition) is 1. The first kappa shape index (κ1) is 24.2. The molecule has 0 atom stereocenters. The summed E-state index contributed by atoms with van der Waals surface area (Å²) in [6.45, 7) is 0. The molecule has 0 saturated heterocycles. The number of hydrogen-bond acceptors (Lipinski definition) is 0. The SMILES string of the molecule is C1=Cc2c(c(-c3cccc(-c4ccccc4)c3)c3ccccc3c2-c2ccc3c(c2)[nH]c2cc4ccccc4cc23)CC1. The van der Waals surface area contributed by atoms with Crippen LogP contribution >= 0.6 is 0 Å². The molecule has 1 heterocycles. The first-order chi connectivity index (χ1) is 21.3. The lowest BCUT2D eigenvalue weighted by Crippen LogP contribution is -2.02. The highest BCUT2D eigenvalue weighted by atomic mass is 14.7. The van der Waals surface area contributed by atoms with E-state index in [1.807, 2.05) is 0 Å². The summed E-state index contributed by atoms with van der Waals surface area (Å²) in [7, 11) is 0. The van der Waals surface area contributed by atoms with Crippen LogP contribution in [0.25, 0.3) is 82.8 Å². The van der Waals surface area contributed by atoms with Crippen LogP contribution in [0.4, 0.5) is 0 Å². The predicted octanol–water partition coefficient (Wildman–Crippen LogP) is 11.6. The van der Waals surface area contributed by atoms with Gasteiger partial charge < -0.3 is 4.98 Å². The van der Waals surface area contributed by atoms with Gasteiger partial charge in [-0.15, -0.1) is 0 Å². The van der Waals surface area contributed by atoms with Crippen molar-refractivity contribution in [3.63, 3.8) is 0 Å². The van der Waals surface area contributed by atoms with Gasteiger partial charge in [-0.25, -0.2) is 0 Å². The largest absolute Gasteiger partial charge is 0.354 e. The van der Waals surface area contributed by atoms with Gasteiger partial charge in [-0.05, 0) is 103 Å². The van der Waals surface area contributed by atoms with Crippen molar-refractivity contribution in [1.82, 2.24) is 4.98 Å². The Morgan fingerprint density at radius 2 is 1.12 bits per heavy atom. The Kier molecular flexibility index (Phi) is 5.39. The number of aromatic amines is 1. The summed E-state index contributed by atoms with van der Waals surface area (Å²) in [6, 6.07) is 49.0. The molecular formula is C42H29N. The van der Waals surface area contributed by atoms with Crippen LogP contribution in [0.2, 0.25) is 0 Å². The van der Waals surface area contributed by atoms with Gasteiger partial charge in [0.2, 0.25) is 0 Å². The van der Waals surface area contributed by atoms with E-state index in [0.717, 1.165) is 12.8 Å². The van der Waals surface area contributed by atoms with E-state index in [2.05, 4.69) is 151 Å². The molecule has 0 spiro atoms. The van der Waals surface area contributed by atoms with E-state index in [9.17, 15) is 0 Å². The average molecular weight is 548 g/mol. The summed E-state index contributed by atoms with van der Waals surface area (Å²) in [5.41, 5.74) is 12.9. The second-order valence-corrected chi connectivity index (χ2v) is 11.7. The number of aromatic nitrogens is 1. The summed E-state index contributed by atoms with van der Waals surface area (Å²) in [5, 5.41) is 7.71. The number of fused-ring (bicyclic) bond motifs is 6. The Morgan fingerprint density at radius 3 is 1.98 bits per heavy atom. The second-order valence-electron chi connectivity index (χ2n) is 11.7. The van der Waals surface area contributed by atoms with Crippen LogP contribution in [0.3, 0.4) is 0 Å². The van der Waals surface area contributed by atoms with Crippen molar-refractivity contribution in [2.24, 2.45) is 0 Å². The lowest BCUT2D eigenvalue weighted by atomic mass is 9.80. The Hall–Kier alpha value is -5.40. The quantitative estimate of drug-likeness (QED) is 0.226. The third-order valence-electron chi connectivity index (χ3n) is 9.22. The first-order valence-corrected chi connectivity index (χ1v) is 15.2. The summed E-state index contributed by atoms with van der Waals surface area (Å²) in [6.07, 6.45) is 6.81. The number of allylic oxidation sites excluding steroid dienone is 1. The van der Waals surface area contributed by atoms with Crippen molar-refractivity contribution >= 4 is 49.4 Å². The fourth-order valence-electron chi connectivity index (χ4n) is 7.26. The second kappa shape index (κ2) is 9.58. The first-order valence-electron chi connectivity index (χ1n) is 15.2. The van der Waals surface area contributed by atoms with E-state index >= 15 is 0 Å². The summed E-state index contributed by atoms with van der Waals surface area (Å²) >= 11 is 0. The van der Waals surface area contributed by atoms with Gasteiger partial charge in [0, 0.05) is 21.8 Å². The third-order valence-corrected chi connectivity index (χ3v) is 9.22. The van der Waals surface area contributed by atoms with Crippen molar-refractivity contribution in [3.8, 4) is 33.4 Å². The summed E-state index contributed by atoms with van der Waals surface area (Å²) in [5.74, 6) is 0. The Morgan fingerprint density at radius 1 is 0.442 bits per heavy atom. The maximum Gasteiger partial charge on any atom is 0.0471 e. The van der Waals surface area contributed by atoms with E-state index in [0.29, 0.717) is 0 Å². The molecule has 0 saturated carbocycles. The molecule has 9 rings (SSSR count). The summed E-state index contributed by atoms with van der Waals surface area (Å²) in [4.78, 5) is 3.75. The molecule has 1 N–H and O–H groups in total. The molecule has 7 aromatic carbocycles. The minimum absolute atomic E-state index is 1.04. The average Bonchev–Trinajstić information content (AvgIpc) is 3.43. The number of nitrogens with one attached hydrogen (secondary N) is 1. The zero-order valence-electron chi connectivity index (χ0n) is 23.8. The van der Waals surface area contributed by atoms with Crippen molar-refractivity contribution in [3.05, 3.63) is 151 Å². The molecule has 0 fully saturated rings. The number of rotatable bonds is 3. The van der Waals surface area contributed by atoms with Crippen LogP contribution in [0.15, 0.2) is 140 Å². The molecule has 1 heteroatoms. The fraction of sp³-hybridized carbons (Fsp3) is 0.0476. The van der Waals surface area contributed by atoms with E-state index in [-0.39, 0.29) is 0 Å². The van der Waals surface area contributed by atoms with Gasteiger partial charge in [-0.3, -0.25) is 0 Å². The van der Waals surface area contributed by atoms with E-state index in [1.165, 1.54) is 87.9 Å². The fourth-order valence-corrected chi connectivity index (χ4v) is 7.26. The highest BCUT2D eigenvalue weighted by Crippen LogP contribution is 2.45. The monoisotopic (exact) mass is 547 g/mol. The zero-order valence-corrected chi connectivity index (χ0v) is 23.8. The van der Waals surface area contributed by atoms with Crippen LogP contribution in [0.1, 0.15) is 17.5 Å². The van der Waals surface area contributed by atoms with Gasteiger partial charge in [0.15, 0.2) is 0 Å². The predicted molar refractivity (Wildman–Crippen MR) is 184 cm³/mol. The van der Waals surface area contributed by atoms with Crippen molar-refractivity contribution < 1.29 is 0 Å². The molecule has 43 heavy (non-hydrogen) atoms. The van der Waals surface area contributed by atoms with Crippen LogP contribution in [0.5, 0.6) is 0 Å². The summed E-state index contributed by atoms with van der Waals surface area (Å²) < 4.78 is 0. The minimum Gasteiger partial charge on any atom is -0.354 e. The molecule has 0 aliphatic heterocycles. The van der Waals surface area contributed by atoms with Gasteiger partial charge >= 0.3 is 0 Å². The van der Waals surface area contributed by atoms with Crippen molar-refractivity contribution in [2.45, 2.75) is 12.8 Å². The van der Waals surface area contributed by atoms with Gasteiger partial charge in [-0.1, -0.05) is 121 Å². The van der Waals surface area contributed by atoms with E-state index in [1.54, 1.807) is 0 Å². The van der Waals surface area contributed by atoms with E-state index < -0.39 is 0 Å². The molecule has 1 aliphatic carbocycles. The molecular weight excluding hydrogens is 518 g/mol. The molecule has 202 valence electrons. The molecule has 0 unspecified atom stereocenters. The molecule has 0 bridgehead atoms. The van der Waals surface area contributed by atoms with Crippen LogP contribution < -0.4 is 0 Å². The van der Waals surface area contributed by atoms with Crippen LogP contribution in [0, 0.1) is 0 Å². The smallest absolute Gasteiger partial charge is 0.0471 e. The maximum absolute atomic E-state index is 3.75. The van der Waals surface area contributed by atoms with Gasteiger partial charge in [0.25, 0.3) is 0 Å². The topological polar surface area (TPSA) is 15.8 Å². The molecule has 0 radical (unpaired) electrons. The third kappa shape index (κ3) is 3.86. The molecule has 1 aromatic heterocycles. The Labute approximate surface area is 250 Å². The van der Waals surface area contributed by atoms with Crippen molar-refractivity contribution in [1.29, 1.82) is 0 Å². The standard InChI is InChI=1S/C42H29N/c1-2-11-27(12-3-1)28-15-10-16-31(23-28)41-34-17-6-8-19-36(34)42(37-20-9-7-18-35(37)41)32-21-22-33-38-24-29-13-4-5-14-30(29)25-40(38)43-39(33)26-32/h1-6,8-17,19-26,43H,7,18H2. The van der Waals surface area contributed by atoms with Crippen LogP contribution in [-0.4, -0.2) is 4.98 Å². The highest BCUT2D eigenvalue weighted by molar-refractivity contribution is 6.15. The molecule has 1 aliphatic rings. The number of benzene rings is 7. The Bertz CT molecular complexity index is 2390. The van der Waals surface area contributed by atoms with Crippen molar-refractivity contribution in [2.75, 3.05) is 0 Å². The minimum atomic E-state index is 1.04. The highest BCUT2D eigenvalue weighted by Gasteiger charge is 2.22. The molecule has 8 aromatic rings. The van der Waals surface area contributed by atoms with Gasteiger partial charge in [0.1, 0.15) is 0 Å². The van der Waals surface area contributed by atoms with E-state index in [4.69, 9.17) is 0 Å². The normalized spacial score (nSPS) is 12.8. The maximum atomic E-state index is 3.75. The Balaban J connectivity index is 1.29. The lowest BCUT2D eigenvalue weighted by molar-refractivity contribution is 0.991. The van der Waals surface area contributed by atoms with Crippen LogP contribution in [-0.2, 0) is 6.42 Å². The zero-order chi connectivity index (χ0) is 28.3. The molecule has 0 amide bonds. The number of H-pyrrole nitrogens is 1.